The molecular formula is C23H31ClN4O2. The number of nitrogens with one attached hydrogen (secondary N) is 4. The van der Waals surface area contributed by atoms with E-state index >= 15 is 0 Å². The van der Waals surface area contributed by atoms with Crippen LogP contribution in [0.5, 0.6) is 0 Å². The Bertz CT molecular complexity index is 837. The highest BCUT2D eigenvalue weighted by atomic mass is 35.5. The van der Waals surface area contributed by atoms with Crippen molar-refractivity contribution < 1.29 is 9.59 Å². The fourth-order valence-corrected chi connectivity index (χ4v) is 3.57. The van der Waals surface area contributed by atoms with Crippen LogP contribution in [0.15, 0.2) is 48.5 Å². The lowest BCUT2D eigenvalue weighted by Crippen LogP contribution is -2.29. The Kier molecular flexibility index (Phi) is 9.64. The highest BCUT2D eigenvalue weighted by Gasteiger charge is 2.14. The number of hydrogen-bond acceptors (Lipinski definition) is 3. The minimum Gasteiger partial charge on any atom is -0.352 e. The summed E-state index contributed by atoms with van der Waals surface area (Å²) in [5, 5.41) is 12.0. The smallest absolute Gasteiger partial charge is 0.323 e. The van der Waals surface area contributed by atoms with Crippen LogP contribution in [0.25, 0.3) is 0 Å². The van der Waals surface area contributed by atoms with Gasteiger partial charge in [0, 0.05) is 24.3 Å². The lowest BCUT2D eigenvalue weighted by molar-refractivity contribution is -0.121. The number of carbonyl (C=O) groups is 2. The first-order valence-electron chi connectivity index (χ1n) is 10.3. The molecular weight excluding hydrogens is 400 g/mol. The first-order valence-corrected chi connectivity index (χ1v) is 10.3. The number of rotatable bonds is 7. The van der Waals surface area contributed by atoms with Crippen molar-refractivity contribution in [1.82, 2.24) is 10.6 Å². The third-order valence-electron chi connectivity index (χ3n) is 5.19. The minimum atomic E-state index is -0.293. The molecule has 0 unspecified atom stereocenters. The van der Waals surface area contributed by atoms with Crippen molar-refractivity contribution in [1.29, 1.82) is 0 Å². The van der Waals surface area contributed by atoms with Gasteiger partial charge in [0.15, 0.2) is 0 Å². The Morgan fingerprint density at radius 3 is 2.37 bits per heavy atom. The second-order valence-electron chi connectivity index (χ2n) is 7.66. The van der Waals surface area contributed by atoms with Gasteiger partial charge in [-0.1, -0.05) is 24.3 Å². The van der Waals surface area contributed by atoms with Crippen molar-refractivity contribution in [3.8, 4) is 0 Å². The van der Waals surface area contributed by atoms with Crippen LogP contribution in [0.1, 0.15) is 36.8 Å². The van der Waals surface area contributed by atoms with E-state index in [4.69, 9.17) is 0 Å². The van der Waals surface area contributed by atoms with Gasteiger partial charge in [-0.05, 0) is 80.6 Å². The summed E-state index contributed by atoms with van der Waals surface area (Å²) in [6.45, 7) is 4.56. The molecule has 7 heteroatoms. The zero-order valence-electron chi connectivity index (χ0n) is 17.4. The molecule has 3 amide bonds. The minimum absolute atomic E-state index is 0. The van der Waals surface area contributed by atoms with Gasteiger partial charge >= 0.3 is 6.03 Å². The number of urea groups is 1. The van der Waals surface area contributed by atoms with E-state index in [-0.39, 0.29) is 24.3 Å². The molecule has 1 saturated heterocycles. The van der Waals surface area contributed by atoms with Crippen LogP contribution in [0.2, 0.25) is 0 Å². The predicted molar refractivity (Wildman–Crippen MR) is 124 cm³/mol. The van der Waals surface area contributed by atoms with E-state index < -0.39 is 0 Å². The van der Waals surface area contributed by atoms with E-state index in [9.17, 15) is 9.59 Å². The fourth-order valence-electron chi connectivity index (χ4n) is 3.57. The molecule has 0 radical (unpaired) electrons. The second kappa shape index (κ2) is 12.2. The third-order valence-corrected chi connectivity index (χ3v) is 5.19. The van der Waals surface area contributed by atoms with E-state index in [1.54, 1.807) is 0 Å². The van der Waals surface area contributed by atoms with Crippen molar-refractivity contribution in [2.24, 2.45) is 5.92 Å². The van der Waals surface area contributed by atoms with Crippen molar-refractivity contribution in [2.45, 2.75) is 39.2 Å². The van der Waals surface area contributed by atoms with E-state index in [1.807, 2.05) is 55.5 Å². The molecule has 1 heterocycles. The zero-order chi connectivity index (χ0) is 20.5. The summed E-state index contributed by atoms with van der Waals surface area (Å²) in [4.78, 5) is 24.4. The first-order chi connectivity index (χ1) is 14.1. The largest absolute Gasteiger partial charge is 0.352 e. The molecule has 1 aliphatic heterocycles. The molecule has 0 atom stereocenters. The summed E-state index contributed by atoms with van der Waals surface area (Å²) in [5.74, 6) is 0.737. The Hall–Kier alpha value is -2.57. The number of anilines is 2. The maximum absolute atomic E-state index is 12.2. The van der Waals surface area contributed by atoms with Crippen LogP contribution in [-0.2, 0) is 11.3 Å². The predicted octanol–water partition coefficient (Wildman–Crippen LogP) is 4.46. The molecule has 0 aromatic heterocycles. The Morgan fingerprint density at radius 1 is 1.00 bits per heavy atom. The second-order valence-corrected chi connectivity index (χ2v) is 7.66. The van der Waals surface area contributed by atoms with Crippen LogP contribution in [0.3, 0.4) is 0 Å². The molecule has 1 fully saturated rings. The molecule has 6 nitrogen and oxygen atoms in total. The first kappa shape index (κ1) is 23.7. The number of amides is 3. The molecule has 30 heavy (non-hydrogen) atoms. The highest BCUT2D eigenvalue weighted by Crippen LogP contribution is 2.18. The molecule has 0 spiro atoms. The van der Waals surface area contributed by atoms with Gasteiger partial charge < -0.3 is 21.3 Å². The quantitative estimate of drug-likeness (QED) is 0.523. The molecule has 2 aromatic carbocycles. The maximum atomic E-state index is 12.2. The van der Waals surface area contributed by atoms with Gasteiger partial charge in [0.05, 0.1) is 0 Å². The van der Waals surface area contributed by atoms with Gasteiger partial charge in [0.1, 0.15) is 0 Å². The van der Waals surface area contributed by atoms with Gasteiger partial charge in [-0.15, -0.1) is 12.4 Å². The van der Waals surface area contributed by atoms with E-state index in [0.29, 0.717) is 24.6 Å². The third kappa shape index (κ3) is 8.05. The van der Waals surface area contributed by atoms with Crippen molar-refractivity contribution in [3.05, 3.63) is 59.7 Å². The average Bonchev–Trinajstić information content (AvgIpc) is 2.72. The van der Waals surface area contributed by atoms with Gasteiger partial charge in [-0.25, -0.2) is 4.79 Å². The normalized spacial score (nSPS) is 13.8. The van der Waals surface area contributed by atoms with Crippen molar-refractivity contribution in [2.75, 3.05) is 23.7 Å². The monoisotopic (exact) mass is 430 g/mol. The van der Waals surface area contributed by atoms with Crippen LogP contribution < -0.4 is 21.3 Å². The summed E-state index contributed by atoms with van der Waals surface area (Å²) < 4.78 is 0. The Morgan fingerprint density at radius 2 is 1.67 bits per heavy atom. The molecule has 0 aliphatic carbocycles. The summed E-state index contributed by atoms with van der Waals surface area (Å²) in [6.07, 6.45) is 3.84. The van der Waals surface area contributed by atoms with Gasteiger partial charge in [0.25, 0.3) is 0 Å². The van der Waals surface area contributed by atoms with Crippen LogP contribution in [0, 0.1) is 12.8 Å². The lowest BCUT2D eigenvalue weighted by atomic mass is 9.93. The van der Waals surface area contributed by atoms with E-state index in [2.05, 4.69) is 21.3 Å². The van der Waals surface area contributed by atoms with Crippen LogP contribution >= 0.6 is 12.4 Å². The summed E-state index contributed by atoms with van der Waals surface area (Å²) in [7, 11) is 0. The summed E-state index contributed by atoms with van der Waals surface area (Å²) in [5.41, 5.74) is 3.48. The van der Waals surface area contributed by atoms with E-state index in [1.165, 1.54) is 0 Å². The highest BCUT2D eigenvalue weighted by molar-refractivity contribution is 5.99. The van der Waals surface area contributed by atoms with Crippen molar-refractivity contribution in [3.63, 3.8) is 0 Å². The number of hydrogen-bond donors (Lipinski definition) is 4. The van der Waals surface area contributed by atoms with Gasteiger partial charge in [-0.3, -0.25) is 4.79 Å². The number of halogens is 1. The maximum Gasteiger partial charge on any atom is 0.323 e. The van der Waals surface area contributed by atoms with Gasteiger partial charge in [0.2, 0.25) is 5.91 Å². The van der Waals surface area contributed by atoms with E-state index in [0.717, 1.165) is 49.2 Å². The standard InChI is InChI=1S/C23H30N4O2.ClH/c1-17-4-2-6-20(14-17)26-23(29)27-21-7-3-5-19(15-21)16-25-22(28)9-8-18-10-12-24-13-11-18;/h2-7,14-15,18,24H,8-13,16H2,1H3,(H,25,28)(H2,26,27,29);1H. The SMILES string of the molecule is Cc1cccc(NC(=O)Nc2cccc(CNC(=O)CCC3CCNCC3)c2)c1.Cl. The fraction of sp³-hybridized carbons (Fsp3) is 0.391. The Labute approximate surface area is 184 Å². The molecule has 1 aliphatic rings. The van der Waals surface area contributed by atoms with Crippen LogP contribution in [-0.4, -0.2) is 25.0 Å². The topological polar surface area (TPSA) is 82.3 Å². The number of benzene rings is 2. The molecule has 0 bridgehead atoms. The number of aryl methyl sites for hydroxylation is 1. The molecule has 2 aromatic rings. The molecule has 162 valence electrons. The summed E-state index contributed by atoms with van der Waals surface area (Å²) in [6, 6.07) is 14.9. The number of piperidine rings is 1. The molecule has 0 saturated carbocycles. The number of carbonyl (C=O) groups excluding carboxylic acids is 2. The molecule has 3 rings (SSSR count). The van der Waals surface area contributed by atoms with Crippen molar-refractivity contribution >= 4 is 35.7 Å². The van der Waals surface area contributed by atoms with Crippen LogP contribution in [0.4, 0.5) is 16.2 Å². The zero-order valence-corrected chi connectivity index (χ0v) is 18.2. The lowest BCUT2D eigenvalue weighted by Gasteiger charge is -2.22. The average molecular weight is 431 g/mol. The Balaban J connectivity index is 0.00000320. The van der Waals surface area contributed by atoms with Gasteiger partial charge in [-0.2, -0.15) is 0 Å². The molecule has 4 N–H and O–H groups in total. The summed E-state index contributed by atoms with van der Waals surface area (Å²) >= 11 is 0.